The van der Waals surface area contributed by atoms with Crippen LogP contribution in [0.4, 0.5) is 5.69 Å². The summed E-state index contributed by atoms with van der Waals surface area (Å²) < 4.78 is 16.2. The Morgan fingerprint density at radius 2 is 2.11 bits per heavy atom. The Hall–Kier alpha value is -3.40. The predicted octanol–water partition coefficient (Wildman–Crippen LogP) is 3.28. The Balaban J connectivity index is 1.44. The molecule has 28 heavy (non-hydrogen) atoms. The fraction of sp³-hybridized carbons (Fsp3) is 0.111. The summed E-state index contributed by atoms with van der Waals surface area (Å²) in [7, 11) is 0. The van der Waals surface area contributed by atoms with Crippen molar-refractivity contribution in [3.63, 3.8) is 0 Å². The van der Waals surface area contributed by atoms with E-state index in [-0.39, 0.29) is 19.1 Å². The van der Waals surface area contributed by atoms with Gasteiger partial charge in [0, 0.05) is 18.3 Å². The van der Waals surface area contributed by atoms with Crippen molar-refractivity contribution in [1.29, 1.82) is 0 Å². The van der Waals surface area contributed by atoms with Crippen molar-refractivity contribution in [3.8, 4) is 17.2 Å². The molecule has 0 saturated heterocycles. The molecule has 0 aromatic heterocycles. The lowest BCUT2D eigenvalue weighted by Crippen LogP contribution is -2.24. The average Bonchev–Trinajstić information content (AvgIpc) is 3.14. The van der Waals surface area contributed by atoms with Gasteiger partial charge in [0.15, 0.2) is 18.1 Å². The van der Waals surface area contributed by atoms with E-state index < -0.39 is 10.8 Å². The fourth-order valence-electron chi connectivity index (χ4n) is 2.22. The molecule has 0 radical (unpaired) electrons. The largest absolute Gasteiger partial charge is 0.483 e. The summed E-state index contributed by atoms with van der Waals surface area (Å²) in [6, 6.07) is 9.51. The Morgan fingerprint density at radius 1 is 1.29 bits per heavy atom. The fourth-order valence-corrected chi connectivity index (χ4v) is 2.70. The van der Waals surface area contributed by atoms with E-state index in [9.17, 15) is 14.9 Å². The van der Waals surface area contributed by atoms with E-state index in [0.717, 1.165) is 5.56 Å². The number of hydrazone groups is 1. The molecule has 3 rings (SSSR count). The third kappa shape index (κ3) is 5.07. The number of nitrogens with one attached hydrogen (secondary N) is 1. The van der Waals surface area contributed by atoms with Crippen molar-refractivity contribution in [3.05, 3.63) is 62.6 Å². The number of hydrogen-bond donors (Lipinski definition) is 1. The molecule has 2 aromatic carbocycles. The Bertz CT molecular complexity index is 960. The highest BCUT2D eigenvalue weighted by atomic mass is 79.9. The first-order valence-corrected chi connectivity index (χ1v) is 8.77. The van der Waals surface area contributed by atoms with E-state index in [0.29, 0.717) is 21.7 Å². The monoisotopic (exact) mass is 447 g/mol. The number of rotatable bonds is 7. The normalized spacial score (nSPS) is 12.5. The van der Waals surface area contributed by atoms with Crippen LogP contribution in [0.1, 0.15) is 5.56 Å². The van der Waals surface area contributed by atoms with Gasteiger partial charge in [0.2, 0.25) is 6.79 Å². The molecular weight excluding hydrogens is 434 g/mol. The van der Waals surface area contributed by atoms with Crippen LogP contribution >= 0.6 is 15.9 Å². The van der Waals surface area contributed by atoms with Crippen LogP contribution in [0.25, 0.3) is 6.08 Å². The third-order valence-corrected chi connectivity index (χ3v) is 4.14. The number of carbonyl (C=O) groups excluding carboxylic acids is 1. The molecule has 2 aromatic rings. The molecule has 0 saturated carbocycles. The van der Waals surface area contributed by atoms with Gasteiger partial charge >= 0.3 is 0 Å². The summed E-state index contributed by atoms with van der Waals surface area (Å²) in [5.74, 6) is 1.23. The number of fused-ring (bicyclic) bond motifs is 1. The molecule has 1 aliphatic heterocycles. The maximum atomic E-state index is 11.7. The molecule has 0 spiro atoms. The minimum Gasteiger partial charge on any atom is -0.483 e. The van der Waals surface area contributed by atoms with E-state index in [4.69, 9.17) is 14.2 Å². The van der Waals surface area contributed by atoms with Crippen LogP contribution in [0.5, 0.6) is 17.2 Å². The average molecular weight is 448 g/mol. The van der Waals surface area contributed by atoms with Crippen LogP contribution in [0.3, 0.4) is 0 Å². The Kier molecular flexibility index (Phi) is 6.22. The molecule has 0 atom stereocenters. The van der Waals surface area contributed by atoms with Crippen molar-refractivity contribution < 1.29 is 23.9 Å². The van der Waals surface area contributed by atoms with E-state index in [1.807, 2.05) is 18.2 Å². The quantitative estimate of drug-likeness (QED) is 0.395. The zero-order chi connectivity index (χ0) is 19.9. The summed E-state index contributed by atoms with van der Waals surface area (Å²) in [6.45, 7) is -0.0753. The number of nitro groups is 1. The molecule has 0 unspecified atom stereocenters. The lowest BCUT2D eigenvalue weighted by molar-refractivity contribution is -0.384. The molecule has 0 bridgehead atoms. The SMILES string of the molecule is O=C(COc1ccc([N+](=O)[O-])cc1Br)NN=CC=Cc1ccc2c(c1)OCO2. The predicted molar refractivity (Wildman–Crippen MR) is 105 cm³/mol. The van der Waals surface area contributed by atoms with Gasteiger partial charge in [-0.05, 0) is 45.8 Å². The Labute approximate surface area is 167 Å². The molecule has 1 amide bonds. The summed E-state index contributed by atoms with van der Waals surface area (Å²) in [4.78, 5) is 21.9. The molecule has 0 fully saturated rings. The number of allylic oxidation sites excluding steroid dienone is 1. The standard InChI is InChI=1S/C18H14BrN3O6/c19-14-9-13(22(24)25)4-6-15(14)26-10-18(23)21-20-7-1-2-12-3-5-16-17(8-12)28-11-27-16/h1-9H,10-11H2,(H,21,23). The van der Waals surface area contributed by atoms with Gasteiger partial charge in [-0.1, -0.05) is 12.1 Å². The number of halogens is 1. The van der Waals surface area contributed by atoms with E-state index in [1.54, 1.807) is 12.2 Å². The smallest absolute Gasteiger partial charge is 0.277 e. The zero-order valence-corrected chi connectivity index (χ0v) is 15.9. The second-order valence-electron chi connectivity index (χ2n) is 5.45. The maximum absolute atomic E-state index is 11.7. The topological polar surface area (TPSA) is 112 Å². The summed E-state index contributed by atoms with van der Waals surface area (Å²) >= 11 is 3.16. The van der Waals surface area contributed by atoms with Gasteiger partial charge in [-0.15, -0.1) is 0 Å². The number of hydrogen-bond acceptors (Lipinski definition) is 7. The van der Waals surface area contributed by atoms with Crippen LogP contribution in [0, 0.1) is 10.1 Å². The van der Waals surface area contributed by atoms with Crippen LogP contribution in [0.15, 0.2) is 52.0 Å². The third-order valence-electron chi connectivity index (χ3n) is 3.52. The molecule has 9 nitrogen and oxygen atoms in total. The number of nitro benzene ring substituents is 1. The summed E-state index contributed by atoms with van der Waals surface area (Å²) in [5, 5.41) is 14.5. The molecule has 144 valence electrons. The van der Waals surface area contributed by atoms with E-state index in [2.05, 4.69) is 26.5 Å². The highest BCUT2D eigenvalue weighted by Crippen LogP contribution is 2.32. The molecule has 10 heteroatoms. The molecule has 1 heterocycles. The van der Waals surface area contributed by atoms with Gasteiger partial charge in [0.05, 0.1) is 9.40 Å². The first-order valence-electron chi connectivity index (χ1n) is 7.98. The van der Waals surface area contributed by atoms with Gasteiger partial charge in [-0.25, -0.2) is 5.43 Å². The molecule has 1 aliphatic rings. The van der Waals surface area contributed by atoms with Crippen LogP contribution in [0.2, 0.25) is 0 Å². The number of carbonyl (C=O) groups is 1. The van der Waals surface area contributed by atoms with Gasteiger partial charge in [-0.3, -0.25) is 14.9 Å². The van der Waals surface area contributed by atoms with Crippen molar-refractivity contribution in [2.75, 3.05) is 13.4 Å². The Morgan fingerprint density at radius 3 is 2.89 bits per heavy atom. The van der Waals surface area contributed by atoms with Crippen LogP contribution in [-0.2, 0) is 4.79 Å². The van der Waals surface area contributed by atoms with Crippen molar-refractivity contribution in [2.45, 2.75) is 0 Å². The zero-order valence-electron chi connectivity index (χ0n) is 14.3. The highest BCUT2D eigenvalue weighted by molar-refractivity contribution is 9.10. The van der Waals surface area contributed by atoms with Crippen molar-refractivity contribution >= 4 is 39.8 Å². The number of amides is 1. The number of nitrogens with zero attached hydrogens (tertiary/aromatic N) is 2. The van der Waals surface area contributed by atoms with E-state index in [1.165, 1.54) is 24.4 Å². The first-order chi connectivity index (χ1) is 13.5. The van der Waals surface area contributed by atoms with Crippen LogP contribution < -0.4 is 19.6 Å². The molecule has 1 N–H and O–H groups in total. The van der Waals surface area contributed by atoms with Gasteiger partial charge in [0.1, 0.15) is 5.75 Å². The first kappa shape index (κ1) is 19.4. The second-order valence-corrected chi connectivity index (χ2v) is 6.30. The van der Waals surface area contributed by atoms with Crippen LogP contribution in [-0.4, -0.2) is 30.4 Å². The summed E-state index contributed by atoms with van der Waals surface area (Å²) in [5.41, 5.74) is 3.13. The number of ether oxygens (including phenoxy) is 3. The maximum Gasteiger partial charge on any atom is 0.277 e. The van der Waals surface area contributed by atoms with E-state index >= 15 is 0 Å². The van der Waals surface area contributed by atoms with Gasteiger partial charge < -0.3 is 14.2 Å². The lowest BCUT2D eigenvalue weighted by Gasteiger charge is -2.06. The minimum atomic E-state index is -0.521. The van der Waals surface area contributed by atoms with Crippen molar-refractivity contribution in [2.24, 2.45) is 5.10 Å². The van der Waals surface area contributed by atoms with Crippen molar-refractivity contribution in [1.82, 2.24) is 5.43 Å². The number of non-ortho nitro benzene ring substituents is 1. The molecular formula is C18H14BrN3O6. The number of benzene rings is 2. The summed E-state index contributed by atoms with van der Waals surface area (Å²) in [6.07, 6.45) is 4.87. The lowest BCUT2D eigenvalue weighted by atomic mass is 10.2. The molecule has 0 aliphatic carbocycles. The van der Waals surface area contributed by atoms with Gasteiger partial charge in [-0.2, -0.15) is 5.10 Å². The highest BCUT2D eigenvalue weighted by Gasteiger charge is 2.12. The minimum absolute atomic E-state index is 0.0810. The van der Waals surface area contributed by atoms with Gasteiger partial charge in [0.25, 0.3) is 11.6 Å². The second kappa shape index (κ2) is 9.00.